The Balaban J connectivity index is 2.07. The molecule has 0 saturated carbocycles. The van der Waals surface area contributed by atoms with Gasteiger partial charge in [0.05, 0.1) is 5.54 Å². The Morgan fingerprint density at radius 3 is 2.81 bits per heavy atom. The highest BCUT2D eigenvalue weighted by atomic mass is 16.1. The van der Waals surface area contributed by atoms with E-state index in [1.54, 1.807) is 0 Å². The molecule has 0 aliphatic carbocycles. The summed E-state index contributed by atoms with van der Waals surface area (Å²) in [5.41, 5.74) is 7.67. The number of primary amides is 1. The number of aryl methyl sites for hydroxylation is 1. The van der Waals surface area contributed by atoms with Crippen LogP contribution in [0.4, 0.5) is 5.69 Å². The Bertz CT molecular complexity index is 501. The molecule has 3 N–H and O–H groups in total. The molecule has 1 heterocycles. The summed E-state index contributed by atoms with van der Waals surface area (Å²) in [4.78, 5) is 14.2. The lowest BCUT2D eigenvalue weighted by atomic mass is 9.94. The fourth-order valence-corrected chi connectivity index (χ4v) is 3.11. The lowest BCUT2D eigenvalue weighted by molar-refractivity contribution is -0.124. The zero-order chi connectivity index (χ0) is 15.5. The minimum atomic E-state index is -0.652. The molecule has 0 bridgehead atoms. The Kier molecular flexibility index (Phi) is 4.88. The molecule has 1 aliphatic heterocycles. The van der Waals surface area contributed by atoms with Gasteiger partial charge in [-0.05, 0) is 51.7 Å². The number of nitrogens with one attached hydrogen (secondary N) is 1. The molecular weight excluding hydrogens is 262 g/mol. The molecule has 1 aromatic carbocycles. The first-order valence-corrected chi connectivity index (χ1v) is 7.83. The second-order valence-corrected chi connectivity index (χ2v) is 6.46. The van der Waals surface area contributed by atoms with Gasteiger partial charge in [0.25, 0.3) is 0 Å². The zero-order valence-electron chi connectivity index (χ0n) is 13.4. The van der Waals surface area contributed by atoms with E-state index < -0.39 is 5.54 Å². The average Bonchev–Trinajstić information content (AvgIpc) is 2.44. The molecule has 4 heteroatoms. The molecule has 0 aromatic heterocycles. The fraction of sp³-hybridized carbons (Fsp3) is 0.588. The Morgan fingerprint density at radius 2 is 2.14 bits per heavy atom. The number of para-hydroxylation sites is 1. The number of hydrogen-bond donors (Lipinski definition) is 2. The Hall–Kier alpha value is -1.55. The van der Waals surface area contributed by atoms with Crippen molar-refractivity contribution in [1.82, 2.24) is 5.32 Å². The SMILES string of the molecule is CC(C)NC(C)(CCN1CCCc2ccccc21)C(N)=O. The molecule has 0 saturated heterocycles. The van der Waals surface area contributed by atoms with Gasteiger partial charge < -0.3 is 16.0 Å². The maximum absolute atomic E-state index is 11.8. The summed E-state index contributed by atoms with van der Waals surface area (Å²) in [5.74, 6) is -0.276. The second kappa shape index (κ2) is 6.48. The lowest BCUT2D eigenvalue weighted by Crippen LogP contribution is -2.57. The number of hydrogen-bond acceptors (Lipinski definition) is 3. The van der Waals surface area contributed by atoms with Crippen molar-refractivity contribution >= 4 is 11.6 Å². The molecule has 0 radical (unpaired) electrons. The smallest absolute Gasteiger partial charge is 0.237 e. The van der Waals surface area contributed by atoms with Crippen LogP contribution in [-0.2, 0) is 11.2 Å². The standard InChI is InChI=1S/C17H27N3O/c1-13(2)19-17(3,16(18)21)10-12-20-11-6-8-14-7-4-5-9-15(14)20/h4-5,7,9,13,19H,6,8,10-12H2,1-3H3,(H2,18,21). The number of rotatable bonds is 6. The number of carbonyl (C=O) groups is 1. The minimum absolute atomic E-state index is 0.233. The van der Waals surface area contributed by atoms with Crippen LogP contribution < -0.4 is 16.0 Å². The summed E-state index contributed by atoms with van der Waals surface area (Å²) in [6, 6.07) is 8.77. The van der Waals surface area contributed by atoms with Crippen LogP contribution in [0.2, 0.25) is 0 Å². The van der Waals surface area contributed by atoms with Gasteiger partial charge in [-0.25, -0.2) is 0 Å². The highest BCUT2D eigenvalue weighted by Gasteiger charge is 2.32. The van der Waals surface area contributed by atoms with E-state index in [4.69, 9.17) is 5.73 Å². The van der Waals surface area contributed by atoms with Crippen molar-refractivity contribution in [2.24, 2.45) is 5.73 Å². The predicted molar refractivity (Wildman–Crippen MR) is 87.5 cm³/mol. The monoisotopic (exact) mass is 289 g/mol. The third-order valence-electron chi connectivity index (χ3n) is 4.24. The van der Waals surface area contributed by atoms with Gasteiger partial charge in [-0.15, -0.1) is 0 Å². The third kappa shape index (κ3) is 3.76. The first-order chi connectivity index (χ1) is 9.92. The van der Waals surface area contributed by atoms with E-state index in [-0.39, 0.29) is 11.9 Å². The summed E-state index contributed by atoms with van der Waals surface area (Å²) in [7, 11) is 0. The second-order valence-electron chi connectivity index (χ2n) is 6.46. The summed E-state index contributed by atoms with van der Waals surface area (Å²) in [5, 5.41) is 3.32. The van der Waals surface area contributed by atoms with Crippen molar-refractivity contribution in [1.29, 1.82) is 0 Å². The zero-order valence-corrected chi connectivity index (χ0v) is 13.4. The minimum Gasteiger partial charge on any atom is -0.371 e. The number of anilines is 1. The maximum Gasteiger partial charge on any atom is 0.237 e. The lowest BCUT2D eigenvalue weighted by Gasteiger charge is -2.36. The van der Waals surface area contributed by atoms with Crippen LogP contribution in [0.25, 0.3) is 0 Å². The van der Waals surface area contributed by atoms with E-state index in [0.29, 0.717) is 0 Å². The van der Waals surface area contributed by atoms with Gasteiger partial charge in [-0.3, -0.25) is 4.79 Å². The Morgan fingerprint density at radius 1 is 1.43 bits per heavy atom. The highest BCUT2D eigenvalue weighted by molar-refractivity contribution is 5.84. The van der Waals surface area contributed by atoms with E-state index in [1.165, 1.54) is 17.7 Å². The largest absolute Gasteiger partial charge is 0.371 e. The molecule has 1 amide bonds. The molecule has 4 nitrogen and oxygen atoms in total. The molecule has 0 spiro atoms. The van der Waals surface area contributed by atoms with Crippen molar-refractivity contribution in [2.75, 3.05) is 18.0 Å². The van der Waals surface area contributed by atoms with Gasteiger partial charge in [-0.2, -0.15) is 0 Å². The van der Waals surface area contributed by atoms with Gasteiger partial charge in [0.1, 0.15) is 0 Å². The summed E-state index contributed by atoms with van der Waals surface area (Å²) in [6.45, 7) is 7.88. The van der Waals surface area contributed by atoms with Gasteiger partial charge in [0.2, 0.25) is 5.91 Å². The first-order valence-electron chi connectivity index (χ1n) is 7.83. The van der Waals surface area contributed by atoms with E-state index in [9.17, 15) is 4.79 Å². The van der Waals surface area contributed by atoms with Crippen molar-refractivity contribution in [3.8, 4) is 0 Å². The van der Waals surface area contributed by atoms with Crippen molar-refractivity contribution < 1.29 is 4.79 Å². The number of nitrogens with two attached hydrogens (primary N) is 1. The molecule has 116 valence electrons. The topological polar surface area (TPSA) is 58.4 Å². The van der Waals surface area contributed by atoms with E-state index in [1.807, 2.05) is 20.8 Å². The van der Waals surface area contributed by atoms with Crippen LogP contribution in [0.5, 0.6) is 0 Å². The maximum atomic E-state index is 11.8. The number of amides is 1. The first kappa shape index (κ1) is 15.8. The predicted octanol–water partition coefficient (Wildman–Crippen LogP) is 2.07. The molecule has 1 aromatic rings. The van der Waals surface area contributed by atoms with Gasteiger partial charge in [0, 0.05) is 24.8 Å². The van der Waals surface area contributed by atoms with Gasteiger partial charge >= 0.3 is 0 Å². The molecule has 2 rings (SSSR count). The third-order valence-corrected chi connectivity index (χ3v) is 4.24. The van der Waals surface area contributed by atoms with E-state index >= 15 is 0 Å². The normalized spacial score (nSPS) is 17.4. The Labute approximate surface area is 127 Å². The number of benzene rings is 1. The summed E-state index contributed by atoms with van der Waals surface area (Å²) in [6.07, 6.45) is 3.03. The summed E-state index contributed by atoms with van der Waals surface area (Å²) < 4.78 is 0. The molecular formula is C17H27N3O. The van der Waals surface area contributed by atoms with E-state index in [2.05, 4.69) is 34.5 Å². The van der Waals surface area contributed by atoms with Gasteiger partial charge in [-0.1, -0.05) is 18.2 Å². The van der Waals surface area contributed by atoms with Crippen LogP contribution in [0.15, 0.2) is 24.3 Å². The fourth-order valence-electron chi connectivity index (χ4n) is 3.11. The number of nitrogens with zero attached hydrogens (tertiary/aromatic N) is 1. The molecule has 1 aliphatic rings. The number of carbonyl (C=O) groups excluding carboxylic acids is 1. The molecule has 1 unspecified atom stereocenters. The van der Waals surface area contributed by atoms with Crippen LogP contribution in [0.3, 0.4) is 0 Å². The van der Waals surface area contributed by atoms with Crippen molar-refractivity contribution in [3.05, 3.63) is 29.8 Å². The quantitative estimate of drug-likeness (QED) is 0.843. The molecule has 0 fully saturated rings. The van der Waals surface area contributed by atoms with Crippen LogP contribution in [0, 0.1) is 0 Å². The average molecular weight is 289 g/mol. The highest BCUT2D eigenvalue weighted by Crippen LogP contribution is 2.27. The van der Waals surface area contributed by atoms with Crippen molar-refractivity contribution in [3.63, 3.8) is 0 Å². The van der Waals surface area contributed by atoms with Crippen LogP contribution >= 0.6 is 0 Å². The van der Waals surface area contributed by atoms with Gasteiger partial charge in [0.15, 0.2) is 0 Å². The molecule has 1 atom stereocenters. The summed E-state index contributed by atoms with van der Waals surface area (Å²) >= 11 is 0. The van der Waals surface area contributed by atoms with Crippen LogP contribution in [-0.4, -0.2) is 30.6 Å². The number of fused-ring (bicyclic) bond motifs is 1. The molecule has 21 heavy (non-hydrogen) atoms. The van der Waals surface area contributed by atoms with E-state index in [0.717, 1.165) is 25.9 Å². The van der Waals surface area contributed by atoms with Crippen LogP contribution in [0.1, 0.15) is 39.2 Å². The van der Waals surface area contributed by atoms with Crippen molar-refractivity contribution in [2.45, 2.75) is 51.6 Å².